The first-order valence-electron chi connectivity index (χ1n) is 6.19. The van der Waals surface area contributed by atoms with Gasteiger partial charge in [-0.1, -0.05) is 12.1 Å². The molecule has 1 aromatic carbocycles. The Morgan fingerprint density at radius 3 is 2.74 bits per heavy atom. The third-order valence-corrected chi connectivity index (χ3v) is 4.27. The summed E-state index contributed by atoms with van der Waals surface area (Å²) < 4.78 is 0.954. The summed E-state index contributed by atoms with van der Waals surface area (Å²) in [5.74, 6) is -0.900. The summed E-state index contributed by atoms with van der Waals surface area (Å²) in [6.07, 6.45) is 1.38. The van der Waals surface area contributed by atoms with Crippen LogP contribution in [0.5, 0.6) is 0 Å². The molecule has 0 fully saturated rings. The number of carbonyl (C=O) groups excluding carboxylic acids is 1. The maximum Gasteiger partial charge on any atom is 0.303 e. The first kappa shape index (κ1) is 15.9. The van der Waals surface area contributed by atoms with Crippen molar-refractivity contribution in [3.8, 4) is 0 Å². The summed E-state index contributed by atoms with van der Waals surface area (Å²) in [5.41, 5.74) is 1.75. The predicted octanol–water partition coefficient (Wildman–Crippen LogP) is 2.97. The van der Waals surface area contributed by atoms with Crippen LogP contribution in [0.15, 0.2) is 18.2 Å². The topological polar surface area (TPSA) is 66.4 Å². The van der Waals surface area contributed by atoms with Gasteiger partial charge in [0.05, 0.1) is 5.56 Å². The minimum absolute atomic E-state index is 0.0248. The lowest BCUT2D eigenvalue weighted by molar-refractivity contribution is -0.137. The largest absolute Gasteiger partial charge is 0.481 e. The molecule has 104 valence electrons. The number of nitrogens with one attached hydrogen (secondary N) is 1. The molecule has 1 unspecified atom stereocenters. The number of carboxylic acid groups (broad SMARTS) is 1. The average Bonchev–Trinajstić information content (AvgIpc) is 2.31. The third-order valence-electron chi connectivity index (χ3n) is 2.84. The summed E-state index contributed by atoms with van der Waals surface area (Å²) in [5, 5.41) is 11.5. The fraction of sp³-hybridized carbons (Fsp3) is 0.429. The maximum atomic E-state index is 12.1. The van der Waals surface area contributed by atoms with Gasteiger partial charge in [-0.3, -0.25) is 9.59 Å². The minimum Gasteiger partial charge on any atom is -0.481 e. The van der Waals surface area contributed by atoms with E-state index in [1.807, 2.05) is 26.0 Å². The third kappa shape index (κ3) is 5.18. The first-order valence-corrected chi connectivity index (χ1v) is 7.27. The second kappa shape index (κ2) is 7.47. The first-order chi connectivity index (χ1) is 8.91. The number of hydrogen-bond donors (Lipinski definition) is 2. The van der Waals surface area contributed by atoms with E-state index in [0.29, 0.717) is 18.4 Å². The zero-order chi connectivity index (χ0) is 14.4. The maximum absolute atomic E-state index is 12.1. The Morgan fingerprint density at radius 2 is 2.11 bits per heavy atom. The monoisotopic (exact) mass is 375 g/mol. The van der Waals surface area contributed by atoms with Crippen LogP contribution >= 0.6 is 22.6 Å². The van der Waals surface area contributed by atoms with Gasteiger partial charge < -0.3 is 10.4 Å². The molecule has 1 atom stereocenters. The van der Waals surface area contributed by atoms with Crippen LogP contribution in [0.3, 0.4) is 0 Å². The Balaban J connectivity index is 2.54. The molecule has 2 N–H and O–H groups in total. The molecule has 0 radical (unpaired) electrons. The van der Waals surface area contributed by atoms with E-state index in [2.05, 4.69) is 27.9 Å². The Hall–Kier alpha value is -1.11. The number of amides is 1. The molecule has 0 heterocycles. The summed E-state index contributed by atoms with van der Waals surface area (Å²) in [4.78, 5) is 22.5. The van der Waals surface area contributed by atoms with Gasteiger partial charge in [-0.05, 0) is 60.9 Å². The molecule has 19 heavy (non-hydrogen) atoms. The van der Waals surface area contributed by atoms with Crippen molar-refractivity contribution in [3.63, 3.8) is 0 Å². The van der Waals surface area contributed by atoms with E-state index in [9.17, 15) is 9.59 Å². The lowest BCUT2D eigenvalue weighted by atomic mass is 10.1. The summed E-state index contributed by atoms with van der Waals surface area (Å²) in [7, 11) is 0. The smallest absolute Gasteiger partial charge is 0.303 e. The molecule has 0 aromatic heterocycles. The number of hydrogen-bond acceptors (Lipinski definition) is 2. The number of aliphatic carboxylic acids is 1. The fourth-order valence-corrected chi connectivity index (χ4v) is 2.36. The van der Waals surface area contributed by atoms with Gasteiger partial charge in [0.25, 0.3) is 5.91 Å². The van der Waals surface area contributed by atoms with Gasteiger partial charge in [0.15, 0.2) is 0 Å². The van der Waals surface area contributed by atoms with E-state index < -0.39 is 5.97 Å². The Morgan fingerprint density at radius 1 is 1.42 bits per heavy atom. The standard InChI is InChI=1S/C14H18INO3/c1-9-5-3-7-11(13(9)15)14(19)16-10(2)6-4-8-12(17)18/h3,5,7,10H,4,6,8H2,1-2H3,(H,16,19)(H,17,18). The Kier molecular flexibility index (Phi) is 6.27. The van der Waals surface area contributed by atoms with Crippen molar-refractivity contribution in [1.29, 1.82) is 0 Å². The van der Waals surface area contributed by atoms with Crippen molar-refractivity contribution < 1.29 is 14.7 Å². The molecule has 0 aliphatic carbocycles. The van der Waals surface area contributed by atoms with Gasteiger partial charge in [-0.15, -0.1) is 0 Å². The van der Waals surface area contributed by atoms with Crippen LogP contribution in [0, 0.1) is 10.5 Å². The van der Waals surface area contributed by atoms with E-state index in [0.717, 1.165) is 9.13 Å². The highest BCUT2D eigenvalue weighted by Crippen LogP contribution is 2.16. The van der Waals surface area contributed by atoms with Crippen LogP contribution in [-0.4, -0.2) is 23.0 Å². The van der Waals surface area contributed by atoms with Gasteiger partial charge >= 0.3 is 5.97 Å². The van der Waals surface area contributed by atoms with E-state index in [1.165, 1.54) is 0 Å². The minimum atomic E-state index is -0.799. The van der Waals surface area contributed by atoms with Crippen LogP contribution in [0.4, 0.5) is 0 Å². The van der Waals surface area contributed by atoms with Gasteiger partial charge in [0.1, 0.15) is 0 Å². The highest BCUT2D eigenvalue weighted by molar-refractivity contribution is 14.1. The second-order valence-corrected chi connectivity index (χ2v) is 5.68. The van der Waals surface area contributed by atoms with Crippen molar-refractivity contribution in [1.82, 2.24) is 5.32 Å². The van der Waals surface area contributed by atoms with E-state index in [4.69, 9.17) is 5.11 Å². The Labute approximate surface area is 126 Å². The van der Waals surface area contributed by atoms with E-state index >= 15 is 0 Å². The molecule has 1 rings (SSSR count). The van der Waals surface area contributed by atoms with Crippen LogP contribution in [0.25, 0.3) is 0 Å². The molecule has 0 bridgehead atoms. The normalized spacial score (nSPS) is 11.9. The summed E-state index contributed by atoms with van der Waals surface area (Å²) in [6.45, 7) is 3.86. The number of aryl methyl sites for hydroxylation is 1. The summed E-state index contributed by atoms with van der Waals surface area (Å²) in [6, 6.07) is 5.60. The molecule has 0 saturated heterocycles. The van der Waals surface area contributed by atoms with Crippen molar-refractivity contribution in [3.05, 3.63) is 32.9 Å². The number of halogens is 1. The van der Waals surface area contributed by atoms with Gasteiger partial charge in [-0.2, -0.15) is 0 Å². The number of carbonyl (C=O) groups is 2. The Bertz CT molecular complexity index is 474. The molecule has 1 amide bonds. The molecule has 1 aromatic rings. The summed E-state index contributed by atoms with van der Waals surface area (Å²) >= 11 is 2.17. The van der Waals surface area contributed by atoms with Gasteiger partial charge in [0, 0.05) is 16.0 Å². The van der Waals surface area contributed by atoms with Crippen molar-refractivity contribution in [2.75, 3.05) is 0 Å². The highest BCUT2D eigenvalue weighted by atomic mass is 127. The van der Waals surface area contributed by atoms with Crippen LogP contribution in [-0.2, 0) is 4.79 Å². The fourth-order valence-electron chi connectivity index (χ4n) is 1.76. The number of benzene rings is 1. The van der Waals surface area contributed by atoms with Gasteiger partial charge in [0.2, 0.25) is 0 Å². The average molecular weight is 375 g/mol. The van der Waals surface area contributed by atoms with Crippen molar-refractivity contribution in [2.24, 2.45) is 0 Å². The van der Waals surface area contributed by atoms with Crippen LogP contribution in [0.2, 0.25) is 0 Å². The van der Waals surface area contributed by atoms with E-state index in [1.54, 1.807) is 6.07 Å². The molecule has 4 nitrogen and oxygen atoms in total. The highest BCUT2D eigenvalue weighted by Gasteiger charge is 2.13. The van der Waals surface area contributed by atoms with Crippen molar-refractivity contribution in [2.45, 2.75) is 39.2 Å². The predicted molar refractivity (Wildman–Crippen MR) is 82.3 cm³/mol. The molecule has 0 aliphatic rings. The van der Waals surface area contributed by atoms with E-state index in [-0.39, 0.29) is 18.4 Å². The molecule has 0 aliphatic heterocycles. The molecule has 0 spiro atoms. The lowest BCUT2D eigenvalue weighted by Gasteiger charge is -2.14. The molecular formula is C14H18INO3. The van der Waals surface area contributed by atoms with Crippen LogP contribution < -0.4 is 5.32 Å². The van der Waals surface area contributed by atoms with Gasteiger partial charge in [-0.25, -0.2) is 0 Å². The number of rotatable bonds is 6. The zero-order valence-corrected chi connectivity index (χ0v) is 13.2. The zero-order valence-electron chi connectivity index (χ0n) is 11.1. The second-order valence-electron chi connectivity index (χ2n) is 4.60. The number of carboxylic acids is 1. The lowest BCUT2D eigenvalue weighted by Crippen LogP contribution is -2.33. The molecular weight excluding hydrogens is 357 g/mol. The van der Waals surface area contributed by atoms with Crippen LogP contribution in [0.1, 0.15) is 42.1 Å². The molecule has 0 saturated carbocycles. The quantitative estimate of drug-likeness (QED) is 0.752. The molecule has 5 heteroatoms. The SMILES string of the molecule is Cc1cccc(C(=O)NC(C)CCCC(=O)O)c1I. The van der Waals surface area contributed by atoms with Crippen molar-refractivity contribution >= 4 is 34.5 Å².